The Morgan fingerprint density at radius 2 is 2.33 bits per heavy atom. The summed E-state index contributed by atoms with van der Waals surface area (Å²) in [6, 6.07) is -0.430. The molecule has 0 radical (unpaired) electrons. The number of carboxylic acids is 1. The Kier molecular flexibility index (Phi) is 4.08. The number of carbonyl (C=O) groups is 2. The van der Waals surface area contributed by atoms with Crippen molar-refractivity contribution in [2.24, 2.45) is 0 Å². The molecule has 86 valence electrons. The first-order chi connectivity index (χ1) is 7.02. The second kappa shape index (κ2) is 5.11. The lowest BCUT2D eigenvalue weighted by Gasteiger charge is -2.27. The molecule has 1 amide bonds. The van der Waals surface area contributed by atoms with Gasteiger partial charge in [0.05, 0.1) is 12.5 Å². The minimum atomic E-state index is -0.938. The highest BCUT2D eigenvalue weighted by molar-refractivity contribution is 5.86. The monoisotopic (exact) mass is 214 g/mol. The van der Waals surface area contributed by atoms with Crippen LogP contribution in [0.15, 0.2) is 0 Å². The standard InChI is InChI=1S/C10H18N2O3/c1-7(2)12-5-3-4-11-8(10(12)15)6-9(13)14/h7-8,11H,3-6H2,1-2H3,(H,13,14). The molecule has 0 saturated carbocycles. The van der Waals surface area contributed by atoms with Gasteiger partial charge in [-0.3, -0.25) is 9.59 Å². The fourth-order valence-electron chi connectivity index (χ4n) is 1.77. The summed E-state index contributed by atoms with van der Waals surface area (Å²) >= 11 is 0. The Balaban J connectivity index is 2.70. The van der Waals surface area contributed by atoms with Crippen LogP contribution in [-0.4, -0.2) is 47.1 Å². The quantitative estimate of drug-likeness (QED) is 0.697. The van der Waals surface area contributed by atoms with E-state index in [0.29, 0.717) is 13.1 Å². The fraction of sp³-hybridized carbons (Fsp3) is 0.800. The molecule has 1 aliphatic rings. The third-order valence-electron chi connectivity index (χ3n) is 2.55. The predicted octanol–water partition coefficient (Wildman–Crippen LogP) is 0.0600. The van der Waals surface area contributed by atoms with Crippen LogP contribution in [0.5, 0.6) is 0 Å². The van der Waals surface area contributed by atoms with Crippen LogP contribution in [0, 0.1) is 0 Å². The average molecular weight is 214 g/mol. The van der Waals surface area contributed by atoms with E-state index in [-0.39, 0.29) is 18.4 Å². The number of carboxylic acid groups (broad SMARTS) is 1. The highest BCUT2D eigenvalue weighted by atomic mass is 16.4. The van der Waals surface area contributed by atoms with Crippen LogP contribution in [0.25, 0.3) is 0 Å². The Labute approximate surface area is 89.4 Å². The number of hydrogen-bond acceptors (Lipinski definition) is 3. The van der Waals surface area contributed by atoms with Crippen molar-refractivity contribution in [3.63, 3.8) is 0 Å². The van der Waals surface area contributed by atoms with E-state index >= 15 is 0 Å². The van der Waals surface area contributed by atoms with E-state index in [1.54, 1.807) is 4.90 Å². The lowest BCUT2D eigenvalue weighted by Crippen LogP contribution is -2.47. The second-order valence-corrected chi connectivity index (χ2v) is 4.08. The van der Waals surface area contributed by atoms with E-state index in [9.17, 15) is 9.59 Å². The highest BCUT2D eigenvalue weighted by Gasteiger charge is 2.29. The van der Waals surface area contributed by atoms with Crippen molar-refractivity contribution < 1.29 is 14.7 Å². The van der Waals surface area contributed by atoms with Crippen LogP contribution in [0.4, 0.5) is 0 Å². The van der Waals surface area contributed by atoms with Crippen molar-refractivity contribution in [2.45, 2.75) is 38.8 Å². The molecule has 0 aliphatic carbocycles. The van der Waals surface area contributed by atoms with Crippen molar-refractivity contribution in [2.75, 3.05) is 13.1 Å². The van der Waals surface area contributed by atoms with Crippen molar-refractivity contribution in [1.29, 1.82) is 0 Å². The van der Waals surface area contributed by atoms with Crippen LogP contribution in [0.1, 0.15) is 26.7 Å². The van der Waals surface area contributed by atoms with E-state index in [4.69, 9.17) is 5.11 Å². The molecule has 15 heavy (non-hydrogen) atoms. The SMILES string of the molecule is CC(C)N1CCCNC(CC(=O)O)C1=O. The molecule has 0 bridgehead atoms. The largest absolute Gasteiger partial charge is 0.481 e. The van der Waals surface area contributed by atoms with Gasteiger partial charge >= 0.3 is 5.97 Å². The van der Waals surface area contributed by atoms with Crippen LogP contribution >= 0.6 is 0 Å². The number of nitrogens with one attached hydrogen (secondary N) is 1. The first-order valence-electron chi connectivity index (χ1n) is 5.28. The van der Waals surface area contributed by atoms with Gasteiger partial charge in [-0.25, -0.2) is 0 Å². The molecule has 1 unspecified atom stereocenters. The van der Waals surface area contributed by atoms with Crippen LogP contribution in [-0.2, 0) is 9.59 Å². The van der Waals surface area contributed by atoms with Gasteiger partial charge in [0.1, 0.15) is 0 Å². The Hall–Kier alpha value is -1.10. The van der Waals surface area contributed by atoms with E-state index < -0.39 is 12.0 Å². The third-order valence-corrected chi connectivity index (χ3v) is 2.55. The van der Waals surface area contributed by atoms with Crippen LogP contribution in [0.3, 0.4) is 0 Å². The molecular formula is C10H18N2O3. The van der Waals surface area contributed by atoms with Crippen LogP contribution in [0.2, 0.25) is 0 Å². The Morgan fingerprint density at radius 3 is 2.87 bits per heavy atom. The first-order valence-corrected chi connectivity index (χ1v) is 5.28. The molecule has 0 spiro atoms. The van der Waals surface area contributed by atoms with Gasteiger partial charge in [-0.2, -0.15) is 0 Å². The van der Waals surface area contributed by atoms with Gasteiger partial charge in [0.2, 0.25) is 5.91 Å². The number of rotatable bonds is 3. The molecule has 0 aromatic heterocycles. The van der Waals surface area contributed by atoms with Gasteiger partial charge in [0.15, 0.2) is 0 Å². The van der Waals surface area contributed by atoms with E-state index in [0.717, 1.165) is 6.42 Å². The summed E-state index contributed by atoms with van der Waals surface area (Å²) in [6.45, 7) is 5.30. The molecule has 5 heteroatoms. The maximum Gasteiger partial charge on any atom is 0.305 e. The molecule has 1 saturated heterocycles. The summed E-state index contributed by atoms with van der Waals surface area (Å²) in [5.41, 5.74) is 0. The van der Waals surface area contributed by atoms with Gasteiger partial charge in [-0.15, -0.1) is 0 Å². The number of carbonyl (C=O) groups excluding carboxylic acids is 1. The summed E-state index contributed by atoms with van der Waals surface area (Å²) in [4.78, 5) is 24.3. The minimum Gasteiger partial charge on any atom is -0.481 e. The lowest BCUT2D eigenvalue weighted by molar-refractivity contribution is -0.142. The fourth-order valence-corrected chi connectivity index (χ4v) is 1.77. The lowest BCUT2D eigenvalue weighted by atomic mass is 10.1. The summed E-state index contributed by atoms with van der Waals surface area (Å²) in [6.07, 6.45) is 0.738. The van der Waals surface area contributed by atoms with Crippen molar-refractivity contribution in [3.8, 4) is 0 Å². The van der Waals surface area contributed by atoms with Crippen LogP contribution < -0.4 is 5.32 Å². The first kappa shape index (κ1) is 12.0. The molecule has 1 atom stereocenters. The topological polar surface area (TPSA) is 69.6 Å². The Morgan fingerprint density at radius 1 is 1.67 bits per heavy atom. The third kappa shape index (κ3) is 3.20. The summed E-state index contributed by atoms with van der Waals surface area (Å²) in [7, 11) is 0. The molecule has 2 N–H and O–H groups in total. The molecule has 0 aromatic carbocycles. The zero-order valence-corrected chi connectivity index (χ0v) is 9.19. The van der Waals surface area contributed by atoms with Gasteiger partial charge < -0.3 is 15.3 Å². The predicted molar refractivity (Wildman–Crippen MR) is 55.5 cm³/mol. The van der Waals surface area contributed by atoms with Gasteiger partial charge in [-0.05, 0) is 26.8 Å². The molecular weight excluding hydrogens is 196 g/mol. The maximum atomic E-state index is 11.9. The highest BCUT2D eigenvalue weighted by Crippen LogP contribution is 2.09. The van der Waals surface area contributed by atoms with E-state index in [1.807, 2.05) is 13.8 Å². The molecule has 1 fully saturated rings. The second-order valence-electron chi connectivity index (χ2n) is 4.08. The molecule has 5 nitrogen and oxygen atoms in total. The number of hydrogen-bond donors (Lipinski definition) is 2. The summed E-state index contributed by atoms with van der Waals surface area (Å²) < 4.78 is 0. The van der Waals surface area contributed by atoms with Gasteiger partial charge in [-0.1, -0.05) is 0 Å². The van der Waals surface area contributed by atoms with E-state index in [2.05, 4.69) is 5.32 Å². The van der Waals surface area contributed by atoms with E-state index in [1.165, 1.54) is 0 Å². The summed E-state index contributed by atoms with van der Waals surface area (Å²) in [5.74, 6) is -1.03. The normalized spacial score (nSPS) is 23.0. The molecule has 1 rings (SSSR count). The smallest absolute Gasteiger partial charge is 0.305 e. The molecule has 1 aliphatic heterocycles. The zero-order valence-electron chi connectivity index (χ0n) is 9.19. The Bertz CT molecular complexity index is 253. The molecule has 0 aromatic rings. The van der Waals surface area contributed by atoms with Gasteiger partial charge in [0, 0.05) is 12.6 Å². The number of aliphatic carboxylic acids is 1. The number of amides is 1. The van der Waals surface area contributed by atoms with Gasteiger partial charge in [0.25, 0.3) is 0 Å². The maximum absolute atomic E-state index is 11.9. The average Bonchev–Trinajstić information content (AvgIpc) is 2.29. The summed E-state index contributed by atoms with van der Waals surface area (Å²) in [5, 5.41) is 11.7. The van der Waals surface area contributed by atoms with Crippen molar-refractivity contribution in [3.05, 3.63) is 0 Å². The van der Waals surface area contributed by atoms with Crippen molar-refractivity contribution >= 4 is 11.9 Å². The number of nitrogens with zero attached hydrogens (tertiary/aromatic N) is 1. The van der Waals surface area contributed by atoms with Crippen molar-refractivity contribution in [1.82, 2.24) is 10.2 Å². The minimum absolute atomic E-state index is 0.0927. The molecule has 1 heterocycles. The zero-order chi connectivity index (χ0) is 11.4.